The molecule has 1 N–H and O–H groups in total. The number of hydrazone groups is 1. The van der Waals surface area contributed by atoms with E-state index in [1.54, 1.807) is 24.3 Å². The number of nitro groups is 2. The maximum absolute atomic E-state index is 11.1. The first-order valence-electron chi connectivity index (χ1n) is 6.27. The molecule has 0 atom stereocenters. The summed E-state index contributed by atoms with van der Waals surface area (Å²) in [6.45, 7) is 1.88. The average molecular weight is 300 g/mol. The monoisotopic (exact) mass is 300 g/mol. The summed E-state index contributed by atoms with van der Waals surface area (Å²) in [6.07, 6.45) is 0. The number of rotatable bonds is 4. The first-order chi connectivity index (χ1) is 10.5. The normalized spacial score (nSPS) is 11.0. The molecule has 0 aliphatic rings. The topological polar surface area (TPSA) is 111 Å². The van der Waals surface area contributed by atoms with Crippen LogP contribution in [-0.4, -0.2) is 15.7 Å². The van der Waals surface area contributed by atoms with Crippen LogP contribution in [0.2, 0.25) is 0 Å². The first-order valence-corrected chi connectivity index (χ1v) is 6.27. The quantitative estimate of drug-likeness (QED) is 0.404. The number of anilines is 1. The van der Waals surface area contributed by atoms with Crippen molar-refractivity contribution in [3.8, 4) is 0 Å². The minimum absolute atomic E-state index is 0.0671. The van der Waals surface area contributed by atoms with Gasteiger partial charge in [-0.05, 0) is 36.1 Å². The Morgan fingerprint density at radius 3 is 2.09 bits per heavy atom. The Labute approximate surface area is 125 Å². The van der Waals surface area contributed by atoms with Crippen molar-refractivity contribution in [3.05, 3.63) is 79.9 Å². The first kappa shape index (κ1) is 15.1. The third kappa shape index (κ3) is 3.63. The lowest BCUT2D eigenvalue weighted by Crippen LogP contribution is -2.15. The van der Waals surface area contributed by atoms with E-state index in [1.165, 1.54) is 24.3 Å². The molecule has 0 fully saturated rings. The molecule has 8 nitrogen and oxygen atoms in total. The summed E-state index contributed by atoms with van der Waals surface area (Å²) >= 11 is 0. The molecule has 2 aromatic carbocycles. The summed E-state index contributed by atoms with van der Waals surface area (Å²) in [5.74, 6) is -0.335. The summed E-state index contributed by atoms with van der Waals surface area (Å²) in [7, 11) is 0. The minimum Gasteiger partial charge on any atom is -0.358 e. The molecule has 0 radical (unpaired) electrons. The molecule has 0 saturated carbocycles. The van der Waals surface area contributed by atoms with E-state index < -0.39 is 9.85 Å². The molecule has 0 heterocycles. The second-order valence-corrected chi connectivity index (χ2v) is 4.47. The second kappa shape index (κ2) is 6.44. The van der Waals surface area contributed by atoms with Gasteiger partial charge in [-0.15, -0.1) is 0 Å². The number of benzene rings is 2. The van der Waals surface area contributed by atoms with E-state index in [-0.39, 0.29) is 11.5 Å². The van der Waals surface area contributed by atoms with Crippen molar-refractivity contribution in [2.75, 3.05) is 5.43 Å². The molecule has 8 heteroatoms. The van der Waals surface area contributed by atoms with Gasteiger partial charge in [-0.25, -0.2) is 0 Å². The number of aryl methyl sites for hydroxylation is 1. The van der Waals surface area contributed by atoms with Gasteiger partial charge in [0.15, 0.2) is 0 Å². The van der Waals surface area contributed by atoms with Crippen LogP contribution in [0.4, 0.5) is 11.4 Å². The molecular weight excluding hydrogens is 288 g/mol. The van der Waals surface area contributed by atoms with Crippen LogP contribution in [0, 0.1) is 27.2 Å². The van der Waals surface area contributed by atoms with Gasteiger partial charge in [0.1, 0.15) is 0 Å². The molecule has 0 aromatic heterocycles. The Kier molecular flexibility index (Phi) is 4.42. The number of hydrogen-bond donors (Lipinski definition) is 1. The van der Waals surface area contributed by atoms with Crippen LogP contribution in [0.1, 0.15) is 11.1 Å². The largest absolute Gasteiger partial charge is 0.395 e. The summed E-state index contributed by atoms with van der Waals surface area (Å²) in [6, 6.07) is 12.1. The Bertz CT molecular complexity index is 724. The Morgan fingerprint density at radius 2 is 1.59 bits per heavy atom. The predicted octanol–water partition coefficient (Wildman–Crippen LogP) is 2.95. The van der Waals surface area contributed by atoms with Crippen LogP contribution in [-0.2, 0) is 0 Å². The van der Waals surface area contributed by atoms with E-state index in [0.29, 0.717) is 11.3 Å². The predicted molar refractivity (Wildman–Crippen MR) is 81.4 cm³/mol. The molecule has 0 unspecified atom stereocenters. The Balaban J connectivity index is 2.22. The van der Waals surface area contributed by atoms with Gasteiger partial charge in [-0.2, -0.15) is 5.43 Å². The summed E-state index contributed by atoms with van der Waals surface area (Å²) in [5.41, 5.74) is 4.22. The van der Waals surface area contributed by atoms with Crippen LogP contribution in [0.3, 0.4) is 0 Å². The molecular formula is C14H12N4O4. The number of non-ortho nitro benzene ring substituents is 1. The van der Waals surface area contributed by atoms with Gasteiger partial charge in [0.2, 0.25) is 0 Å². The summed E-state index contributed by atoms with van der Waals surface area (Å²) in [4.78, 5) is 20.5. The van der Waals surface area contributed by atoms with Gasteiger partial charge in [0, 0.05) is 12.1 Å². The lowest BCUT2D eigenvalue weighted by Gasteiger charge is -2.00. The molecule has 0 saturated heterocycles. The van der Waals surface area contributed by atoms with Gasteiger partial charge in [0.25, 0.3) is 5.69 Å². The van der Waals surface area contributed by atoms with Gasteiger partial charge in [-0.1, -0.05) is 17.7 Å². The van der Waals surface area contributed by atoms with Crippen molar-refractivity contribution in [2.45, 2.75) is 6.92 Å². The zero-order valence-electron chi connectivity index (χ0n) is 11.6. The molecule has 2 rings (SSSR count). The zero-order chi connectivity index (χ0) is 16.1. The maximum atomic E-state index is 11.1. The van der Waals surface area contributed by atoms with Gasteiger partial charge < -0.3 is 10.1 Å². The molecule has 0 amide bonds. The average Bonchev–Trinajstić information content (AvgIpc) is 2.49. The maximum Gasteiger partial charge on any atom is 0.395 e. The highest BCUT2D eigenvalue weighted by Gasteiger charge is 2.16. The van der Waals surface area contributed by atoms with Crippen molar-refractivity contribution in [2.24, 2.45) is 5.10 Å². The SMILES string of the molecule is Cc1ccc(/C(=N/Nc2ccc([N+](=O)[O-])cc2)[N+](=O)[O-])cc1. The fourth-order valence-electron chi connectivity index (χ4n) is 1.69. The van der Waals surface area contributed by atoms with Crippen LogP contribution in [0.25, 0.3) is 0 Å². The Hall–Kier alpha value is -3.29. The van der Waals surface area contributed by atoms with Gasteiger partial charge in [0.05, 0.1) is 21.3 Å². The molecule has 2 aromatic rings. The number of hydrogen-bond acceptors (Lipinski definition) is 6. The van der Waals surface area contributed by atoms with Crippen LogP contribution in [0.5, 0.6) is 0 Å². The van der Waals surface area contributed by atoms with E-state index in [4.69, 9.17) is 0 Å². The number of nitrogens with zero attached hydrogens (tertiary/aromatic N) is 3. The Morgan fingerprint density at radius 1 is 1.00 bits per heavy atom. The van der Waals surface area contributed by atoms with Gasteiger partial charge >= 0.3 is 5.84 Å². The molecule has 112 valence electrons. The highest BCUT2D eigenvalue weighted by Crippen LogP contribution is 2.15. The molecule has 0 aliphatic heterocycles. The van der Waals surface area contributed by atoms with Crippen LogP contribution in [0.15, 0.2) is 53.6 Å². The third-order valence-electron chi connectivity index (χ3n) is 2.85. The van der Waals surface area contributed by atoms with E-state index in [1.807, 2.05) is 6.92 Å². The fourth-order valence-corrected chi connectivity index (χ4v) is 1.69. The highest BCUT2D eigenvalue weighted by atomic mass is 16.6. The lowest BCUT2D eigenvalue weighted by atomic mass is 10.1. The van der Waals surface area contributed by atoms with E-state index in [9.17, 15) is 20.2 Å². The fraction of sp³-hybridized carbons (Fsp3) is 0.0714. The van der Waals surface area contributed by atoms with E-state index >= 15 is 0 Å². The zero-order valence-corrected chi connectivity index (χ0v) is 11.6. The van der Waals surface area contributed by atoms with Gasteiger partial charge in [-0.3, -0.25) is 10.1 Å². The number of amidine groups is 1. The minimum atomic E-state index is -0.594. The molecule has 0 bridgehead atoms. The summed E-state index contributed by atoms with van der Waals surface area (Å²) in [5, 5.41) is 25.4. The molecule has 0 aliphatic carbocycles. The second-order valence-electron chi connectivity index (χ2n) is 4.47. The number of nitrogens with one attached hydrogen (secondary N) is 1. The highest BCUT2D eigenvalue weighted by molar-refractivity contribution is 5.92. The smallest absolute Gasteiger partial charge is 0.358 e. The third-order valence-corrected chi connectivity index (χ3v) is 2.85. The molecule has 22 heavy (non-hydrogen) atoms. The number of nitro benzene ring substituents is 1. The van der Waals surface area contributed by atoms with Crippen molar-refractivity contribution in [1.82, 2.24) is 0 Å². The van der Waals surface area contributed by atoms with Crippen LogP contribution >= 0.6 is 0 Å². The molecule has 0 spiro atoms. The van der Waals surface area contributed by atoms with Crippen molar-refractivity contribution in [1.29, 1.82) is 0 Å². The van der Waals surface area contributed by atoms with Crippen molar-refractivity contribution in [3.63, 3.8) is 0 Å². The van der Waals surface area contributed by atoms with Crippen molar-refractivity contribution >= 4 is 17.2 Å². The van der Waals surface area contributed by atoms with Crippen LogP contribution < -0.4 is 5.43 Å². The van der Waals surface area contributed by atoms with E-state index in [2.05, 4.69) is 10.5 Å². The summed E-state index contributed by atoms with van der Waals surface area (Å²) < 4.78 is 0. The van der Waals surface area contributed by atoms with Crippen molar-refractivity contribution < 1.29 is 9.85 Å². The van der Waals surface area contributed by atoms with E-state index in [0.717, 1.165) is 5.56 Å². The standard InChI is InChI=1S/C14H12N4O4/c1-10-2-4-11(5-3-10)14(18(21)22)16-15-12-6-8-13(9-7-12)17(19)20/h2-9,15H,1H3/b16-14-. The lowest BCUT2D eigenvalue weighted by molar-refractivity contribution is -0.384.